The number of cyclic esters (lactones) is 1. The van der Waals surface area contributed by atoms with E-state index in [0.29, 0.717) is 31.3 Å². The molecule has 3 aliphatic heterocycles. The second-order valence-corrected chi connectivity index (χ2v) is 13.2. The highest BCUT2D eigenvalue weighted by molar-refractivity contribution is 5.90. The van der Waals surface area contributed by atoms with Crippen LogP contribution in [-0.2, 0) is 23.8 Å². The van der Waals surface area contributed by atoms with Gasteiger partial charge >= 0.3 is 5.97 Å². The van der Waals surface area contributed by atoms with Gasteiger partial charge in [0.05, 0.1) is 36.6 Å². The smallest absolute Gasteiger partial charge is 0.334 e. The van der Waals surface area contributed by atoms with Crippen LogP contribution in [0.1, 0.15) is 155 Å². The second kappa shape index (κ2) is 19.9. The lowest BCUT2D eigenvalue weighted by molar-refractivity contribution is -0.139. The number of ketones is 1. The molecule has 0 aliphatic carbocycles. The first-order valence-corrected chi connectivity index (χ1v) is 17.5. The Kier molecular flexibility index (Phi) is 16.7. The number of carbonyl (C=O) groups is 2. The summed E-state index contributed by atoms with van der Waals surface area (Å²) in [5.74, 6) is -0.0140. The van der Waals surface area contributed by atoms with Crippen LogP contribution in [-0.4, -0.2) is 64.7 Å². The maximum absolute atomic E-state index is 12.5. The molecule has 0 radical (unpaired) electrons. The molecule has 0 aromatic rings. The van der Waals surface area contributed by atoms with Crippen molar-refractivity contribution >= 4 is 11.8 Å². The van der Waals surface area contributed by atoms with E-state index < -0.39 is 12.2 Å². The Morgan fingerprint density at radius 3 is 1.90 bits per heavy atom. The molecular formula is C35H60O7. The van der Waals surface area contributed by atoms with Gasteiger partial charge in [-0.2, -0.15) is 0 Å². The molecule has 242 valence electrons. The summed E-state index contributed by atoms with van der Waals surface area (Å²) in [6.07, 6.45) is 22.2. The fourth-order valence-corrected chi connectivity index (χ4v) is 6.78. The average molecular weight is 593 g/mol. The van der Waals surface area contributed by atoms with Crippen molar-refractivity contribution in [2.24, 2.45) is 0 Å². The maximum Gasteiger partial charge on any atom is 0.334 e. The van der Waals surface area contributed by atoms with E-state index in [2.05, 4.69) is 6.92 Å². The molecule has 0 aromatic heterocycles. The van der Waals surface area contributed by atoms with Gasteiger partial charge in [0.2, 0.25) is 0 Å². The van der Waals surface area contributed by atoms with Crippen molar-refractivity contribution in [3.05, 3.63) is 11.6 Å². The average Bonchev–Trinajstić information content (AvgIpc) is 3.70. The van der Waals surface area contributed by atoms with Gasteiger partial charge < -0.3 is 24.4 Å². The van der Waals surface area contributed by atoms with Crippen molar-refractivity contribution in [1.82, 2.24) is 0 Å². The highest BCUT2D eigenvalue weighted by atomic mass is 16.5. The summed E-state index contributed by atoms with van der Waals surface area (Å²) in [6, 6.07) is 0. The summed E-state index contributed by atoms with van der Waals surface area (Å²) in [6.45, 7) is 4.11. The van der Waals surface area contributed by atoms with E-state index in [1.165, 1.54) is 57.8 Å². The maximum atomic E-state index is 12.5. The van der Waals surface area contributed by atoms with Crippen molar-refractivity contribution in [2.75, 3.05) is 0 Å². The minimum Gasteiger partial charge on any atom is -0.455 e. The zero-order valence-electron chi connectivity index (χ0n) is 26.6. The largest absolute Gasteiger partial charge is 0.455 e. The Balaban J connectivity index is 1.15. The molecule has 42 heavy (non-hydrogen) atoms. The molecule has 0 aromatic carbocycles. The summed E-state index contributed by atoms with van der Waals surface area (Å²) in [4.78, 5) is 24.3. The third-order valence-electron chi connectivity index (χ3n) is 9.34. The molecule has 7 nitrogen and oxygen atoms in total. The number of hydrogen-bond donors (Lipinski definition) is 2. The first kappa shape index (κ1) is 35.2. The number of unbranched alkanes of at least 4 members (excludes halogenated alkanes) is 11. The zero-order valence-corrected chi connectivity index (χ0v) is 26.6. The molecule has 2 N–H and O–H groups in total. The molecule has 7 atom stereocenters. The Labute approximate surface area is 255 Å². The van der Waals surface area contributed by atoms with Crippen LogP contribution >= 0.6 is 0 Å². The lowest BCUT2D eigenvalue weighted by Crippen LogP contribution is -2.31. The molecule has 0 saturated carbocycles. The number of hydrogen-bond acceptors (Lipinski definition) is 7. The predicted molar refractivity (Wildman–Crippen MR) is 165 cm³/mol. The van der Waals surface area contributed by atoms with Gasteiger partial charge in [-0.05, 0) is 57.9 Å². The van der Waals surface area contributed by atoms with Gasteiger partial charge in [0.25, 0.3) is 0 Å². The molecule has 7 heteroatoms. The summed E-state index contributed by atoms with van der Waals surface area (Å²) >= 11 is 0. The van der Waals surface area contributed by atoms with Crippen molar-refractivity contribution in [3.63, 3.8) is 0 Å². The number of Topliss-reactive ketones (excluding diaryl/α,β-unsaturated/α-hetero) is 1. The molecule has 0 amide bonds. The van der Waals surface area contributed by atoms with Crippen LogP contribution in [0.4, 0.5) is 0 Å². The predicted octanol–water partition coefficient (Wildman–Crippen LogP) is 7.29. The van der Waals surface area contributed by atoms with Gasteiger partial charge in [-0.25, -0.2) is 4.79 Å². The Morgan fingerprint density at radius 1 is 0.786 bits per heavy atom. The Bertz CT molecular complexity index is 811. The molecule has 2 saturated heterocycles. The van der Waals surface area contributed by atoms with Crippen LogP contribution in [0.5, 0.6) is 0 Å². The third-order valence-corrected chi connectivity index (χ3v) is 9.34. The minimum atomic E-state index is -0.505. The van der Waals surface area contributed by atoms with E-state index in [4.69, 9.17) is 14.2 Å². The number of carbonyl (C=O) groups excluding carboxylic acids is 2. The molecule has 2 fully saturated rings. The van der Waals surface area contributed by atoms with E-state index in [1.54, 1.807) is 0 Å². The summed E-state index contributed by atoms with van der Waals surface area (Å²) in [7, 11) is 0. The molecular weight excluding hydrogens is 532 g/mol. The normalized spacial score (nSPS) is 27.3. The van der Waals surface area contributed by atoms with Gasteiger partial charge in [0.15, 0.2) is 0 Å². The fraction of sp³-hybridized carbons (Fsp3) is 0.886. The number of aliphatic hydroxyl groups excluding tert-OH is 2. The molecule has 3 heterocycles. The SMILES string of the molecule is CCCCCCCCCCCC[C@H](O)[C@H]1CC[C@H]([C@H](O)CCCCCC(=O)C[C@H]2CC[C@H](CC3=C[C@H](C)OC3=O)O2)O1. The third kappa shape index (κ3) is 13.2. The highest BCUT2D eigenvalue weighted by Gasteiger charge is 2.34. The van der Waals surface area contributed by atoms with Crippen molar-refractivity contribution in [1.29, 1.82) is 0 Å². The fourth-order valence-electron chi connectivity index (χ4n) is 6.78. The Hall–Kier alpha value is -1.28. The van der Waals surface area contributed by atoms with Crippen molar-refractivity contribution in [3.8, 4) is 0 Å². The van der Waals surface area contributed by atoms with Gasteiger partial charge in [-0.15, -0.1) is 0 Å². The second-order valence-electron chi connectivity index (χ2n) is 13.2. The van der Waals surface area contributed by atoms with E-state index in [9.17, 15) is 19.8 Å². The first-order chi connectivity index (χ1) is 20.4. The van der Waals surface area contributed by atoms with E-state index in [0.717, 1.165) is 57.8 Å². The minimum absolute atomic E-state index is 0.00776. The number of aliphatic hydroxyl groups is 2. The number of ether oxygens (including phenoxy) is 3. The monoisotopic (exact) mass is 592 g/mol. The zero-order chi connectivity index (χ0) is 30.2. The van der Waals surface area contributed by atoms with Gasteiger partial charge in [-0.3, -0.25) is 4.79 Å². The summed E-state index contributed by atoms with van der Waals surface area (Å²) in [5, 5.41) is 21.2. The highest BCUT2D eigenvalue weighted by Crippen LogP contribution is 2.30. The van der Waals surface area contributed by atoms with Gasteiger partial charge in [0.1, 0.15) is 11.9 Å². The van der Waals surface area contributed by atoms with Crippen LogP contribution in [0.3, 0.4) is 0 Å². The lowest BCUT2D eigenvalue weighted by Gasteiger charge is -2.22. The number of rotatable bonds is 23. The van der Waals surface area contributed by atoms with E-state index in [-0.39, 0.29) is 42.3 Å². The van der Waals surface area contributed by atoms with Crippen molar-refractivity contribution in [2.45, 2.75) is 198 Å². The molecule has 3 aliphatic rings. The summed E-state index contributed by atoms with van der Waals surface area (Å²) in [5.41, 5.74) is 0.695. The quantitative estimate of drug-likeness (QED) is 0.0949. The van der Waals surface area contributed by atoms with Crippen LogP contribution in [0.2, 0.25) is 0 Å². The van der Waals surface area contributed by atoms with Crippen LogP contribution in [0, 0.1) is 0 Å². The molecule has 0 bridgehead atoms. The van der Waals surface area contributed by atoms with E-state index in [1.807, 2.05) is 13.0 Å². The van der Waals surface area contributed by atoms with Gasteiger partial charge in [-0.1, -0.05) is 84.0 Å². The molecule has 3 rings (SSSR count). The van der Waals surface area contributed by atoms with E-state index >= 15 is 0 Å². The first-order valence-electron chi connectivity index (χ1n) is 17.5. The van der Waals surface area contributed by atoms with Crippen molar-refractivity contribution < 1.29 is 34.0 Å². The molecule has 0 unspecified atom stereocenters. The molecule has 0 spiro atoms. The van der Waals surface area contributed by atoms with Crippen LogP contribution < -0.4 is 0 Å². The summed E-state index contributed by atoms with van der Waals surface area (Å²) < 4.78 is 17.3. The lowest BCUT2D eigenvalue weighted by atomic mass is 9.99. The van der Waals surface area contributed by atoms with Gasteiger partial charge in [0, 0.05) is 24.8 Å². The number of esters is 1. The van der Waals surface area contributed by atoms with Crippen LogP contribution in [0.25, 0.3) is 0 Å². The Morgan fingerprint density at radius 2 is 1.33 bits per heavy atom. The topological polar surface area (TPSA) is 102 Å². The van der Waals surface area contributed by atoms with Crippen LogP contribution in [0.15, 0.2) is 11.6 Å². The standard InChI is InChI=1S/C35H60O7/c1-3-4-5-6-7-8-9-10-11-14-17-31(37)33-21-22-34(42-33)32(38)18-15-12-13-16-28(36)25-30-20-19-29(41-30)24-27-23-26(2)40-35(27)39/h23,26,29-34,37-38H,3-22,24-25H2,1-2H3/t26-,29+,30+,31-,32+,33+,34+/m0/s1.